The van der Waals surface area contributed by atoms with Crippen molar-refractivity contribution < 1.29 is 9.22 Å². The van der Waals surface area contributed by atoms with E-state index in [9.17, 15) is 4.79 Å². The molecule has 0 aromatic carbocycles. The van der Waals surface area contributed by atoms with Gasteiger partial charge in [0.1, 0.15) is 5.78 Å². The van der Waals surface area contributed by atoms with Gasteiger partial charge in [0.2, 0.25) is 8.32 Å². The van der Waals surface area contributed by atoms with E-state index >= 15 is 0 Å². The van der Waals surface area contributed by atoms with E-state index in [2.05, 4.69) is 65.9 Å². The molecule has 164 valence electrons. The average Bonchev–Trinajstić information content (AvgIpc) is 2.91. The number of Topliss-reactive ketones (excluding diaryl/α,β-unsaturated/α-hetero) is 1. The van der Waals surface area contributed by atoms with Gasteiger partial charge < -0.3 is 4.43 Å². The number of allylic oxidation sites excluding steroid dienone is 4. The summed E-state index contributed by atoms with van der Waals surface area (Å²) in [7, 11) is -1.78. The lowest BCUT2D eigenvalue weighted by atomic mass is 9.64. The highest BCUT2D eigenvalue weighted by atomic mass is 28.4. The van der Waals surface area contributed by atoms with Crippen LogP contribution in [-0.2, 0) is 9.22 Å². The summed E-state index contributed by atoms with van der Waals surface area (Å²) in [4.78, 5) is 12.4. The lowest BCUT2D eigenvalue weighted by molar-refractivity contribution is -0.129. The summed E-state index contributed by atoms with van der Waals surface area (Å²) in [5.41, 5.74) is 0.489. The molecule has 0 aromatic rings. The predicted molar refractivity (Wildman–Crippen MR) is 125 cm³/mol. The lowest BCUT2D eigenvalue weighted by Crippen LogP contribution is -2.41. The van der Waals surface area contributed by atoms with Gasteiger partial charge >= 0.3 is 0 Å². The van der Waals surface area contributed by atoms with Crippen LogP contribution in [0.1, 0.15) is 92.4 Å². The first-order valence-corrected chi connectivity index (χ1v) is 14.9. The highest BCUT2D eigenvalue weighted by Gasteiger charge is 2.50. The molecular formula is C26H44O2Si. The summed E-state index contributed by atoms with van der Waals surface area (Å²) in [6.07, 6.45) is 17.2. The number of ketones is 1. The van der Waals surface area contributed by atoms with E-state index in [1.54, 1.807) is 0 Å². The molecule has 3 aliphatic rings. The fraction of sp³-hybridized carbons (Fsp3) is 0.808. The number of hydrogen-bond acceptors (Lipinski definition) is 2. The fourth-order valence-corrected chi connectivity index (χ4v) is 6.99. The van der Waals surface area contributed by atoms with Gasteiger partial charge in [-0.3, -0.25) is 4.79 Å². The van der Waals surface area contributed by atoms with E-state index in [-0.39, 0.29) is 15.9 Å². The molecule has 0 radical (unpaired) electrons. The summed E-state index contributed by atoms with van der Waals surface area (Å²) < 4.78 is 6.63. The molecule has 0 unspecified atom stereocenters. The predicted octanol–water partition coefficient (Wildman–Crippen LogP) is 7.81. The standard InChI is InChI=1S/C26H44O2Si/c1-24(2,3)29(6,7)28-21-12-9-17-25(4,19-21)16-8-11-20-14-15-22-23(27)13-10-18-26(20,22)5/h9,12,17,20,22H,8,10-11,13-16,18-19H2,1-7H3/t20-,22+,25+,26-/m1/s1. The summed E-state index contributed by atoms with van der Waals surface area (Å²) in [6.45, 7) is 16.4. The Bertz CT molecular complexity index is 683. The van der Waals surface area contributed by atoms with Crippen molar-refractivity contribution in [2.24, 2.45) is 22.7 Å². The Morgan fingerprint density at radius 2 is 1.93 bits per heavy atom. The van der Waals surface area contributed by atoms with E-state index in [0.29, 0.717) is 11.7 Å². The second-order valence-corrected chi connectivity index (χ2v) is 17.0. The molecule has 0 N–H and O–H groups in total. The van der Waals surface area contributed by atoms with Gasteiger partial charge in [-0.1, -0.05) is 53.2 Å². The molecule has 2 saturated carbocycles. The molecule has 2 nitrogen and oxygen atoms in total. The van der Waals surface area contributed by atoms with E-state index < -0.39 is 8.32 Å². The molecule has 2 fully saturated rings. The van der Waals surface area contributed by atoms with Crippen LogP contribution in [0.3, 0.4) is 0 Å². The molecule has 3 rings (SSSR count). The van der Waals surface area contributed by atoms with Gasteiger partial charge in [0.05, 0.1) is 5.76 Å². The lowest BCUT2D eigenvalue weighted by Gasteiger charge is -2.41. The van der Waals surface area contributed by atoms with Crippen LogP contribution >= 0.6 is 0 Å². The molecule has 29 heavy (non-hydrogen) atoms. The molecule has 0 saturated heterocycles. The molecule has 0 aromatic heterocycles. The molecule has 3 aliphatic carbocycles. The van der Waals surface area contributed by atoms with Crippen molar-refractivity contribution in [3.8, 4) is 0 Å². The maximum absolute atomic E-state index is 12.4. The Labute approximate surface area is 180 Å². The minimum atomic E-state index is -1.78. The van der Waals surface area contributed by atoms with Gasteiger partial charge in [0.15, 0.2) is 0 Å². The highest BCUT2D eigenvalue weighted by molar-refractivity contribution is 6.74. The SMILES string of the molecule is CC(C)(C)[Si](C)(C)OC1=CC=C[C@](C)(CCC[C@@H]2CC[C@H]3C(=O)CCC[C@]23C)C1. The van der Waals surface area contributed by atoms with Gasteiger partial charge in [-0.05, 0) is 79.5 Å². The molecule has 3 heteroatoms. The third-order valence-electron chi connectivity index (χ3n) is 8.91. The number of hydrogen-bond donors (Lipinski definition) is 0. The van der Waals surface area contributed by atoms with Gasteiger partial charge in [0, 0.05) is 18.8 Å². The normalized spacial score (nSPS) is 35.4. The smallest absolute Gasteiger partial charge is 0.250 e. The largest absolute Gasteiger partial charge is 0.546 e. The van der Waals surface area contributed by atoms with Crippen molar-refractivity contribution in [2.45, 2.75) is 111 Å². The first-order valence-electron chi connectivity index (χ1n) is 12.0. The van der Waals surface area contributed by atoms with Crippen LogP contribution in [0.2, 0.25) is 18.1 Å². The molecule has 0 amide bonds. The van der Waals surface area contributed by atoms with Crippen LogP contribution in [0.15, 0.2) is 24.0 Å². The molecule has 0 aliphatic heterocycles. The zero-order chi connectivity index (χ0) is 21.5. The van der Waals surface area contributed by atoms with Gasteiger partial charge in [-0.25, -0.2) is 0 Å². The van der Waals surface area contributed by atoms with Gasteiger partial charge in [-0.15, -0.1) is 0 Å². The topological polar surface area (TPSA) is 26.3 Å². The van der Waals surface area contributed by atoms with Crippen LogP contribution in [-0.4, -0.2) is 14.1 Å². The van der Waals surface area contributed by atoms with Crippen LogP contribution in [0, 0.1) is 22.7 Å². The van der Waals surface area contributed by atoms with Crippen molar-refractivity contribution in [3.05, 3.63) is 24.0 Å². The third-order valence-corrected chi connectivity index (χ3v) is 13.3. The number of carbonyl (C=O) groups is 1. The Hall–Kier alpha value is -0.833. The Morgan fingerprint density at radius 1 is 1.21 bits per heavy atom. The molecule has 0 bridgehead atoms. The average molecular weight is 417 g/mol. The van der Waals surface area contributed by atoms with E-state index in [4.69, 9.17) is 4.43 Å². The maximum atomic E-state index is 12.4. The van der Waals surface area contributed by atoms with Gasteiger partial charge in [-0.2, -0.15) is 0 Å². The fourth-order valence-electron chi connectivity index (χ4n) is 5.89. The van der Waals surface area contributed by atoms with Crippen molar-refractivity contribution in [3.63, 3.8) is 0 Å². The quantitative estimate of drug-likeness (QED) is 0.413. The molecule has 0 spiro atoms. The Balaban J connectivity index is 1.54. The zero-order valence-corrected chi connectivity index (χ0v) is 21.1. The van der Waals surface area contributed by atoms with Crippen molar-refractivity contribution in [1.82, 2.24) is 0 Å². The molecule has 0 heterocycles. The van der Waals surface area contributed by atoms with E-state index in [1.807, 2.05) is 0 Å². The first-order chi connectivity index (χ1) is 13.4. The summed E-state index contributed by atoms with van der Waals surface area (Å²) in [6, 6.07) is 0. The Kier molecular flexibility index (Phi) is 6.32. The Morgan fingerprint density at radius 3 is 2.62 bits per heavy atom. The van der Waals surface area contributed by atoms with Crippen LogP contribution in [0.5, 0.6) is 0 Å². The summed E-state index contributed by atoms with van der Waals surface area (Å²) >= 11 is 0. The zero-order valence-electron chi connectivity index (χ0n) is 20.1. The molecular weight excluding hydrogens is 372 g/mol. The monoisotopic (exact) mass is 416 g/mol. The van der Waals surface area contributed by atoms with Crippen molar-refractivity contribution in [1.29, 1.82) is 0 Å². The van der Waals surface area contributed by atoms with Crippen LogP contribution < -0.4 is 0 Å². The second-order valence-electron chi connectivity index (χ2n) is 12.2. The summed E-state index contributed by atoms with van der Waals surface area (Å²) in [5, 5.41) is 0.233. The molecule has 4 atom stereocenters. The van der Waals surface area contributed by atoms with Gasteiger partial charge in [0.25, 0.3) is 0 Å². The van der Waals surface area contributed by atoms with E-state index in [0.717, 1.165) is 31.6 Å². The second kappa shape index (κ2) is 8.02. The number of carbonyl (C=O) groups excluding carboxylic acids is 1. The highest BCUT2D eigenvalue weighted by Crippen LogP contribution is 2.56. The number of rotatable bonds is 6. The minimum absolute atomic E-state index is 0.202. The van der Waals surface area contributed by atoms with Crippen LogP contribution in [0.25, 0.3) is 0 Å². The third kappa shape index (κ3) is 4.75. The van der Waals surface area contributed by atoms with E-state index in [1.165, 1.54) is 37.9 Å². The van der Waals surface area contributed by atoms with Crippen molar-refractivity contribution >= 4 is 14.1 Å². The summed E-state index contributed by atoms with van der Waals surface area (Å²) in [5.74, 6) is 2.85. The number of fused-ring (bicyclic) bond motifs is 1. The first kappa shape index (κ1) is 22.8. The minimum Gasteiger partial charge on any atom is -0.546 e. The van der Waals surface area contributed by atoms with Crippen LogP contribution in [0.4, 0.5) is 0 Å². The van der Waals surface area contributed by atoms with Crippen molar-refractivity contribution in [2.75, 3.05) is 0 Å². The maximum Gasteiger partial charge on any atom is 0.250 e.